The number of urea groups is 1. The number of hydrogen-bond donors (Lipinski definition) is 2. The maximum atomic E-state index is 11.8. The Morgan fingerprint density at radius 2 is 2.05 bits per heavy atom. The van der Waals surface area contributed by atoms with Crippen molar-refractivity contribution in [2.24, 2.45) is 5.92 Å². The van der Waals surface area contributed by atoms with Crippen molar-refractivity contribution in [3.63, 3.8) is 0 Å². The summed E-state index contributed by atoms with van der Waals surface area (Å²) in [5.41, 5.74) is 0.681. The van der Waals surface area contributed by atoms with E-state index in [4.69, 9.17) is 9.47 Å². The third kappa shape index (κ3) is 7.56. The van der Waals surface area contributed by atoms with Crippen LogP contribution in [0.3, 0.4) is 0 Å². The molecule has 1 aromatic carbocycles. The zero-order chi connectivity index (χ0) is 15.5. The van der Waals surface area contributed by atoms with Crippen LogP contribution in [0.15, 0.2) is 24.3 Å². The summed E-state index contributed by atoms with van der Waals surface area (Å²) in [5.74, 6) is 1.13. The molecular formula is C16H26N2O3. The zero-order valence-corrected chi connectivity index (χ0v) is 13.1. The first-order valence-electron chi connectivity index (χ1n) is 7.48. The lowest BCUT2D eigenvalue weighted by Crippen LogP contribution is -2.30. The first-order valence-corrected chi connectivity index (χ1v) is 7.48. The largest absolute Gasteiger partial charge is 0.491 e. The quantitative estimate of drug-likeness (QED) is 0.687. The third-order valence-corrected chi connectivity index (χ3v) is 2.66. The minimum Gasteiger partial charge on any atom is -0.491 e. The summed E-state index contributed by atoms with van der Waals surface area (Å²) in [6.07, 6.45) is 0.798. The average molecular weight is 294 g/mol. The molecule has 0 aliphatic carbocycles. The van der Waals surface area contributed by atoms with Crippen molar-refractivity contribution in [1.29, 1.82) is 0 Å². The highest BCUT2D eigenvalue weighted by atomic mass is 16.5. The van der Waals surface area contributed by atoms with E-state index in [-0.39, 0.29) is 6.03 Å². The minimum absolute atomic E-state index is 0.230. The summed E-state index contributed by atoms with van der Waals surface area (Å²) in [6.45, 7) is 8.68. The molecule has 0 atom stereocenters. The molecule has 0 aromatic heterocycles. The highest BCUT2D eigenvalue weighted by Gasteiger charge is 2.07. The van der Waals surface area contributed by atoms with Crippen molar-refractivity contribution in [2.45, 2.75) is 27.2 Å². The molecule has 0 bridgehead atoms. The number of rotatable bonds is 9. The van der Waals surface area contributed by atoms with Gasteiger partial charge in [-0.2, -0.15) is 0 Å². The van der Waals surface area contributed by atoms with Crippen LogP contribution in [0.1, 0.15) is 27.2 Å². The van der Waals surface area contributed by atoms with E-state index in [0.29, 0.717) is 43.7 Å². The van der Waals surface area contributed by atoms with Gasteiger partial charge in [-0.15, -0.1) is 0 Å². The van der Waals surface area contributed by atoms with Gasteiger partial charge < -0.3 is 20.1 Å². The normalized spacial score (nSPS) is 10.5. The maximum Gasteiger partial charge on any atom is 0.319 e. The van der Waals surface area contributed by atoms with Gasteiger partial charge in [0.1, 0.15) is 5.75 Å². The van der Waals surface area contributed by atoms with E-state index in [1.165, 1.54) is 0 Å². The molecule has 0 heterocycles. The lowest BCUT2D eigenvalue weighted by molar-refractivity contribution is 0.145. The SMILES string of the molecule is CCOCCCNC(=O)Nc1ccccc1OCC(C)C. The molecule has 1 rings (SSSR count). The van der Waals surface area contributed by atoms with Gasteiger partial charge in [0.15, 0.2) is 0 Å². The number of carbonyl (C=O) groups is 1. The Bertz CT molecular complexity index is 422. The van der Waals surface area contributed by atoms with E-state index in [0.717, 1.165) is 6.42 Å². The zero-order valence-electron chi connectivity index (χ0n) is 13.1. The van der Waals surface area contributed by atoms with E-state index >= 15 is 0 Å². The Morgan fingerprint density at radius 1 is 1.29 bits per heavy atom. The number of ether oxygens (including phenoxy) is 2. The molecule has 118 valence electrons. The Kier molecular flexibility index (Phi) is 8.28. The molecule has 0 aliphatic rings. The van der Waals surface area contributed by atoms with Crippen LogP contribution >= 0.6 is 0 Å². The van der Waals surface area contributed by atoms with Crippen LogP contribution in [0.25, 0.3) is 0 Å². The van der Waals surface area contributed by atoms with Gasteiger partial charge in [-0.3, -0.25) is 0 Å². The number of anilines is 1. The lowest BCUT2D eigenvalue weighted by Gasteiger charge is -2.14. The van der Waals surface area contributed by atoms with Gasteiger partial charge in [-0.1, -0.05) is 26.0 Å². The van der Waals surface area contributed by atoms with Gasteiger partial charge in [0.2, 0.25) is 0 Å². The molecule has 21 heavy (non-hydrogen) atoms. The summed E-state index contributed by atoms with van der Waals surface area (Å²) >= 11 is 0. The second-order valence-corrected chi connectivity index (χ2v) is 5.13. The molecule has 0 spiro atoms. The van der Waals surface area contributed by atoms with Gasteiger partial charge >= 0.3 is 6.03 Å². The number of amides is 2. The predicted octanol–water partition coefficient (Wildman–Crippen LogP) is 3.27. The first-order chi connectivity index (χ1) is 10.1. The molecule has 2 amide bonds. The molecule has 0 saturated carbocycles. The Balaban J connectivity index is 2.40. The van der Waals surface area contributed by atoms with Crippen molar-refractivity contribution >= 4 is 11.7 Å². The highest BCUT2D eigenvalue weighted by molar-refractivity contribution is 5.90. The summed E-state index contributed by atoms with van der Waals surface area (Å²) in [5, 5.41) is 5.61. The number of carbonyl (C=O) groups excluding carboxylic acids is 1. The highest BCUT2D eigenvalue weighted by Crippen LogP contribution is 2.24. The van der Waals surface area contributed by atoms with Gasteiger partial charge in [-0.05, 0) is 31.4 Å². The molecule has 5 nitrogen and oxygen atoms in total. The van der Waals surface area contributed by atoms with Crippen LogP contribution in [-0.2, 0) is 4.74 Å². The second kappa shape index (κ2) is 10.0. The average Bonchev–Trinajstić information content (AvgIpc) is 2.46. The van der Waals surface area contributed by atoms with Gasteiger partial charge in [0.05, 0.1) is 12.3 Å². The number of benzene rings is 1. The number of nitrogens with one attached hydrogen (secondary N) is 2. The van der Waals surface area contributed by atoms with Crippen LogP contribution in [-0.4, -0.2) is 32.4 Å². The summed E-state index contributed by atoms with van der Waals surface area (Å²) in [4.78, 5) is 11.8. The van der Waals surface area contributed by atoms with Gasteiger partial charge in [-0.25, -0.2) is 4.79 Å². The summed E-state index contributed by atoms with van der Waals surface area (Å²) < 4.78 is 10.9. The Morgan fingerprint density at radius 3 is 2.76 bits per heavy atom. The van der Waals surface area contributed by atoms with Crippen LogP contribution in [0.2, 0.25) is 0 Å². The van der Waals surface area contributed by atoms with Gasteiger partial charge in [0, 0.05) is 19.8 Å². The fourth-order valence-corrected chi connectivity index (χ4v) is 1.64. The minimum atomic E-state index is -0.230. The predicted molar refractivity (Wildman–Crippen MR) is 84.9 cm³/mol. The molecular weight excluding hydrogens is 268 g/mol. The third-order valence-electron chi connectivity index (χ3n) is 2.66. The molecule has 0 fully saturated rings. The van der Waals surface area contributed by atoms with Crippen LogP contribution in [0.4, 0.5) is 10.5 Å². The van der Waals surface area contributed by atoms with E-state index in [1.54, 1.807) is 0 Å². The fraction of sp³-hybridized carbons (Fsp3) is 0.562. The molecule has 2 N–H and O–H groups in total. The van der Waals surface area contributed by atoms with Crippen molar-refractivity contribution in [2.75, 3.05) is 31.7 Å². The summed E-state index contributed by atoms with van der Waals surface area (Å²) in [6, 6.07) is 7.21. The van der Waals surface area contributed by atoms with Crippen molar-refractivity contribution < 1.29 is 14.3 Å². The molecule has 0 saturated heterocycles. The summed E-state index contributed by atoms with van der Waals surface area (Å²) in [7, 11) is 0. The number of hydrogen-bond acceptors (Lipinski definition) is 3. The monoisotopic (exact) mass is 294 g/mol. The molecule has 1 aromatic rings. The molecule has 0 aliphatic heterocycles. The van der Waals surface area contributed by atoms with Crippen molar-refractivity contribution in [3.05, 3.63) is 24.3 Å². The maximum absolute atomic E-state index is 11.8. The smallest absolute Gasteiger partial charge is 0.319 e. The Hall–Kier alpha value is -1.75. The van der Waals surface area contributed by atoms with Crippen LogP contribution in [0.5, 0.6) is 5.75 Å². The van der Waals surface area contributed by atoms with Crippen LogP contribution < -0.4 is 15.4 Å². The number of para-hydroxylation sites is 2. The molecule has 5 heteroatoms. The van der Waals surface area contributed by atoms with Crippen LogP contribution in [0, 0.1) is 5.92 Å². The van der Waals surface area contributed by atoms with E-state index in [9.17, 15) is 4.79 Å². The second-order valence-electron chi connectivity index (χ2n) is 5.13. The van der Waals surface area contributed by atoms with Gasteiger partial charge in [0.25, 0.3) is 0 Å². The standard InChI is InChI=1S/C16H26N2O3/c1-4-20-11-7-10-17-16(19)18-14-8-5-6-9-15(14)21-12-13(2)3/h5-6,8-9,13H,4,7,10-12H2,1-3H3,(H2,17,18,19). The lowest BCUT2D eigenvalue weighted by atomic mass is 10.2. The Labute approximate surface area is 127 Å². The first kappa shape index (κ1) is 17.3. The molecule has 0 radical (unpaired) electrons. The van der Waals surface area contributed by atoms with Crippen molar-refractivity contribution in [3.8, 4) is 5.75 Å². The van der Waals surface area contributed by atoms with E-state index in [2.05, 4.69) is 24.5 Å². The van der Waals surface area contributed by atoms with E-state index in [1.807, 2.05) is 31.2 Å². The topological polar surface area (TPSA) is 59.6 Å². The van der Waals surface area contributed by atoms with Crippen molar-refractivity contribution in [1.82, 2.24) is 5.32 Å². The fourth-order valence-electron chi connectivity index (χ4n) is 1.64. The van der Waals surface area contributed by atoms with E-state index < -0.39 is 0 Å². The molecule has 0 unspecified atom stereocenters.